The van der Waals surface area contributed by atoms with Crippen molar-refractivity contribution in [2.24, 2.45) is 5.41 Å². The summed E-state index contributed by atoms with van der Waals surface area (Å²) in [7, 11) is 0. The monoisotopic (exact) mass is 209 g/mol. The first-order valence-electron chi connectivity index (χ1n) is 5.85. The Morgan fingerprint density at radius 2 is 1.73 bits per heavy atom. The predicted molar refractivity (Wildman–Crippen MR) is 57.6 cm³/mol. The molecule has 1 atom stereocenters. The van der Waals surface area contributed by atoms with E-state index in [1.807, 2.05) is 13.8 Å². The van der Waals surface area contributed by atoms with Crippen LogP contribution in [0.4, 0.5) is 0 Å². The summed E-state index contributed by atoms with van der Waals surface area (Å²) in [6.45, 7) is 5.74. The van der Waals surface area contributed by atoms with E-state index in [0.29, 0.717) is 6.42 Å². The van der Waals surface area contributed by atoms with Gasteiger partial charge in [-0.3, -0.25) is 14.5 Å². The molecule has 0 radical (unpaired) electrons. The second-order valence-electron chi connectivity index (χ2n) is 5.39. The number of nitrogens with zero attached hydrogens (tertiary/aromatic N) is 1. The molecule has 15 heavy (non-hydrogen) atoms. The van der Waals surface area contributed by atoms with E-state index in [-0.39, 0.29) is 17.6 Å². The third-order valence-electron chi connectivity index (χ3n) is 3.68. The fraction of sp³-hybridized carbons (Fsp3) is 0.833. The van der Waals surface area contributed by atoms with Crippen LogP contribution in [0.25, 0.3) is 0 Å². The van der Waals surface area contributed by atoms with Gasteiger partial charge in [0.1, 0.15) is 0 Å². The maximum Gasteiger partial charge on any atom is 0.216 e. The molecule has 0 aromatic heterocycles. The van der Waals surface area contributed by atoms with E-state index in [2.05, 4.69) is 4.90 Å². The van der Waals surface area contributed by atoms with Crippen LogP contribution < -0.4 is 0 Å². The van der Waals surface area contributed by atoms with Gasteiger partial charge in [0.05, 0.1) is 6.04 Å². The molecule has 1 saturated carbocycles. The van der Waals surface area contributed by atoms with Crippen LogP contribution in [0, 0.1) is 5.41 Å². The van der Waals surface area contributed by atoms with E-state index in [0.717, 1.165) is 13.1 Å². The molecular formula is C12H19NO2. The van der Waals surface area contributed by atoms with Gasteiger partial charge in [-0.05, 0) is 32.4 Å². The van der Waals surface area contributed by atoms with Crippen LogP contribution in [0.1, 0.15) is 39.5 Å². The third-order valence-corrected chi connectivity index (χ3v) is 3.68. The van der Waals surface area contributed by atoms with Crippen molar-refractivity contribution in [3.8, 4) is 0 Å². The minimum Gasteiger partial charge on any atom is -0.293 e. The van der Waals surface area contributed by atoms with Crippen LogP contribution in [0.2, 0.25) is 0 Å². The molecule has 0 N–H and O–H groups in total. The minimum absolute atomic E-state index is 0.118. The van der Waals surface area contributed by atoms with Crippen LogP contribution in [0.3, 0.4) is 0 Å². The zero-order valence-corrected chi connectivity index (χ0v) is 9.58. The number of likely N-dealkylation sites (tertiary alicyclic amines) is 1. The Morgan fingerprint density at radius 1 is 1.13 bits per heavy atom. The molecule has 1 aliphatic heterocycles. The number of carbonyl (C=O) groups excluding carboxylic acids is 2. The average Bonchev–Trinajstić information content (AvgIpc) is 2.44. The third kappa shape index (κ3) is 1.85. The maximum atomic E-state index is 11.8. The van der Waals surface area contributed by atoms with Crippen molar-refractivity contribution in [2.75, 3.05) is 13.1 Å². The Hall–Kier alpha value is -0.700. The molecule has 1 saturated heterocycles. The quantitative estimate of drug-likeness (QED) is 0.613. The van der Waals surface area contributed by atoms with E-state index in [1.165, 1.54) is 19.3 Å². The van der Waals surface area contributed by atoms with Gasteiger partial charge in [0.25, 0.3) is 0 Å². The number of ketones is 2. The second-order valence-corrected chi connectivity index (χ2v) is 5.39. The normalized spacial score (nSPS) is 32.3. The first-order chi connectivity index (χ1) is 7.02. The second kappa shape index (κ2) is 3.71. The summed E-state index contributed by atoms with van der Waals surface area (Å²) in [6.07, 6.45) is 4.30. The summed E-state index contributed by atoms with van der Waals surface area (Å²) < 4.78 is 0. The van der Waals surface area contributed by atoms with E-state index < -0.39 is 5.41 Å². The predicted octanol–water partition coefficient (Wildman–Crippen LogP) is 1.41. The lowest BCUT2D eigenvalue weighted by atomic mass is 9.90. The van der Waals surface area contributed by atoms with Gasteiger partial charge in [0.15, 0.2) is 0 Å². The fourth-order valence-corrected chi connectivity index (χ4v) is 2.68. The lowest BCUT2D eigenvalue weighted by Gasteiger charge is -2.31. The van der Waals surface area contributed by atoms with Crippen LogP contribution >= 0.6 is 0 Å². The highest BCUT2D eigenvalue weighted by Crippen LogP contribution is 2.35. The number of Topliss-reactive ketones (excluding diaryl/α,β-unsaturated/α-hetero) is 2. The van der Waals surface area contributed by atoms with E-state index in [9.17, 15) is 9.59 Å². The largest absolute Gasteiger partial charge is 0.293 e. The van der Waals surface area contributed by atoms with Crippen molar-refractivity contribution in [1.29, 1.82) is 0 Å². The van der Waals surface area contributed by atoms with Gasteiger partial charge in [-0.2, -0.15) is 0 Å². The molecule has 0 amide bonds. The minimum atomic E-state index is -0.431. The SMILES string of the molecule is CC1(C)CC(N2CCCCC2)C(=O)C1=O. The lowest BCUT2D eigenvalue weighted by molar-refractivity contribution is -0.139. The molecule has 3 nitrogen and oxygen atoms in total. The van der Waals surface area contributed by atoms with Crippen molar-refractivity contribution >= 4 is 11.6 Å². The first-order valence-corrected chi connectivity index (χ1v) is 5.85. The van der Waals surface area contributed by atoms with Gasteiger partial charge in [-0.1, -0.05) is 20.3 Å². The number of carbonyl (C=O) groups is 2. The lowest BCUT2D eigenvalue weighted by Crippen LogP contribution is -2.42. The van der Waals surface area contributed by atoms with Crippen molar-refractivity contribution in [3.05, 3.63) is 0 Å². The Balaban J connectivity index is 2.11. The summed E-state index contributed by atoms with van der Waals surface area (Å²) in [5.74, 6) is -0.319. The molecular weight excluding hydrogens is 190 g/mol. The Kier molecular flexibility index (Phi) is 2.67. The van der Waals surface area contributed by atoms with E-state index in [4.69, 9.17) is 0 Å². The van der Waals surface area contributed by atoms with E-state index >= 15 is 0 Å². The van der Waals surface area contributed by atoms with Crippen molar-refractivity contribution in [1.82, 2.24) is 4.90 Å². The fourth-order valence-electron chi connectivity index (χ4n) is 2.68. The zero-order chi connectivity index (χ0) is 11.1. The van der Waals surface area contributed by atoms with Crippen LogP contribution in [-0.2, 0) is 9.59 Å². The van der Waals surface area contributed by atoms with Crippen molar-refractivity contribution in [2.45, 2.75) is 45.6 Å². The summed E-state index contributed by atoms with van der Waals surface area (Å²) >= 11 is 0. The Bertz CT molecular complexity index is 290. The molecule has 0 bridgehead atoms. The number of piperidine rings is 1. The maximum absolute atomic E-state index is 11.8. The highest BCUT2D eigenvalue weighted by atomic mass is 16.2. The highest BCUT2D eigenvalue weighted by molar-refractivity contribution is 6.43. The van der Waals surface area contributed by atoms with Crippen molar-refractivity contribution in [3.63, 3.8) is 0 Å². The number of hydrogen-bond acceptors (Lipinski definition) is 3. The summed E-state index contributed by atoms with van der Waals surface area (Å²) in [6, 6.07) is -0.118. The molecule has 0 spiro atoms. The van der Waals surface area contributed by atoms with Gasteiger partial charge >= 0.3 is 0 Å². The van der Waals surface area contributed by atoms with Crippen molar-refractivity contribution < 1.29 is 9.59 Å². The van der Waals surface area contributed by atoms with E-state index in [1.54, 1.807) is 0 Å². The van der Waals surface area contributed by atoms with Crippen LogP contribution in [0.15, 0.2) is 0 Å². The zero-order valence-electron chi connectivity index (χ0n) is 9.58. The molecule has 2 rings (SSSR count). The van der Waals surface area contributed by atoms with Gasteiger partial charge in [0, 0.05) is 5.41 Å². The Labute approximate surface area is 90.8 Å². The van der Waals surface area contributed by atoms with Gasteiger partial charge in [0.2, 0.25) is 11.6 Å². The summed E-state index contributed by atoms with van der Waals surface area (Å²) in [4.78, 5) is 25.7. The molecule has 3 heteroatoms. The molecule has 0 aromatic carbocycles. The molecule has 2 aliphatic rings. The standard InChI is InChI=1S/C12H19NO2/c1-12(2)8-9(10(14)11(12)15)13-6-4-3-5-7-13/h9H,3-8H2,1-2H3. The molecule has 1 unspecified atom stereocenters. The molecule has 2 fully saturated rings. The molecule has 1 aliphatic carbocycles. The Morgan fingerprint density at radius 3 is 2.20 bits per heavy atom. The topological polar surface area (TPSA) is 37.4 Å². The van der Waals surface area contributed by atoms with Gasteiger partial charge < -0.3 is 0 Å². The van der Waals surface area contributed by atoms with Gasteiger partial charge in [-0.25, -0.2) is 0 Å². The highest BCUT2D eigenvalue weighted by Gasteiger charge is 2.48. The summed E-state index contributed by atoms with van der Waals surface area (Å²) in [5, 5.41) is 0. The number of hydrogen-bond donors (Lipinski definition) is 0. The molecule has 84 valence electrons. The van der Waals surface area contributed by atoms with Crippen LogP contribution in [0.5, 0.6) is 0 Å². The van der Waals surface area contributed by atoms with Gasteiger partial charge in [-0.15, -0.1) is 0 Å². The van der Waals surface area contributed by atoms with Crippen LogP contribution in [-0.4, -0.2) is 35.6 Å². The number of rotatable bonds is 1. The first kappa shape index (κ1) is 10.8. The summed E-state index contributed by atoms with van der Waals surface area (Å²) in [5.41, 5.74) is -0.431. The molecule has 0 aromatic rings. The smallest absolute Gasteiger partial charge is 0.216 e. The average molecular weight is 209 g/mol. The molecule has 1 heterocycles.